The van der Waals surface area contributed by atoms with E-state index in [1.54, 1.807) is 6.07 Å². The fourth-order valence-corrected chi connectivity index (χ4v) is 4.20. The molecule has 2 aliphatic heterocycles. The third kappa shape index (κ3) is 2.93. The fraction of sp³-hybridized carbons (Fsp3) is 0.600. The van der Waals surface area contributed by atoms with Crippen molar-refractivity contribution in [3.8, 4) is 0 Å². The van der Waals surface area contributed by atoms with Gasteiger partial charge >= 0.3 is 6.18 Å². The number of halogens is 4. The van der Waals surface area contributed by atoms with Gasteiger partial charge in [-0.1, -0.05) is 15.9 Å². The highest BCUT2D eigenvalue weighted by molar-refractivity contribution is 9.10. The summed E-state index contributed by atoms with van der Waals surface area (Å²) < 4.78 is 39.5. The first-order valence-electron chi connectivity index (χ1n) is 7.22. The van der Waals surface area contributed by atoms with Crippen molar-refractivity contribution in [2.75, 3.05) is 11.9 Å². The summed E-state index contributed by atoms with van der Waals surface area (Å²) in [4.78, 5) is 2.20. The average molecular weight is 363 g/mol. The highest BCUT2D eigenvalue weighted by Gasteiger charge is 2.41. The first-order valence-corrected chi connectivity index (χ1v) is 8.01. The quantitative estimate of drug-likeness (QED) is 0.848. The molecule has 0 amide bonds. The van der Waals surface area contributed by atoms with E-state index in [4.69, 9.17) is 0 Å². The van der Waals surface area contributed by atoms with Crippen molar-refractivity contribution in [2.24, 2.45) is 0 Å². The smallest absolute Gasteiger partial charge is 0.365 e. The van der Waals surface area contributed by atoms with Gasteiger partial charge in [-0.2, -0.15) is 13.2 Å². The monoisotopic (exact) mass is 362 g/mol. The summed E-state index contributed by atoms with van der Waals surface area (Å²) in [6.07, 6.45) is -0.171. The summed E-state index contributed by atoms with van der Waals surface area (Å²) in [7, 11) is 1.96. The maximum absolute atomic E-state index is 13.0. The average Bonchev–Trinajstić information content (AvgIpc) is 2.67. The van der Waals surface area contributed by atoms with Gasteiger partial charge in [0.2, 0.25) is 0 Å². The molecule has 2 fully saturated rings. The van der Waals surface area contributed by atoms with E-state index in [0.717, 1.165) is 31.7 Å². The van der Waals surface area contributed by atoms with Crippen LogP contribution in [-0.4, -0.2) is 25.2 Å². The molecule has 2 aliphatic rings. The zero-order valence-electron chi connectivity index (χ0n) is 11.8. The minimum Gasteiger partial charge on any atom is -0.365 e. The number of benzene rings is 1. The molecule has 0 spiro atoms. The summed E-state index contributed by atoms with van der Waals surface area (Å²) in [6, 6.07) is 5.41. The van der Waals surface area contributed by atoms with Gasteiger partial charge in [0.25, 0.3) is 0 Å². The number of hydrogen-bond donors (Lipinski definition) is 1. The molecule has 2 saturated heterocycles. The van der Waals surface area contributed by atoms with Gasteiger partial charge in [0.05, 0.1) is 5.56 Å². The van der Waals surface area contributed by atoms with Crippen LogP contribution in [-0.2, 0) is 6.18 Å². The van der Waals surface area contributed by atoms with Gasteiger partial charge in [-0.15, -0.1) is 0 Å². The maximum atomic E-state index is 13.0. The Hall–Kier alpha value is -0.750. The van der Waals surface area contributed by atoms with E-state index in [1.807, 2.05) is 7.05 Å². The van der Waals surface area contributed by atoms with Crippen LogP contribution in [0.15, 0.2) is 22.7 Å². The predicted molar refractivity (Wildman–Crippen MR) is 80.5 cm³/mol. The Kier molecular flexibility index (Phi) is 3.94. The van der Waals surface area contributed by atoms with Crippen LogP contribution in [0.3, 0.4) is 0 Å². The molecule has 0 aliphatic carbocycles. The van der Waals surface area contributed by atoms with Crippen LogP contribution in [0.4, 0.5) is 18.9 Å². The number of rotatable bonds is 2. The summed E-state index contributed by atoms with van der Waals surface area (Å²) in [5.41, 5.74) is 0.112. The Morgan fingerprint density at radius 3 is 2.29 bits per heavy atom. The Balaban J connectivity index is 1.93. The van der Waals surface area contributed by atoms with Crippen LogP contribution < -0.4 is 10.2 Å². The molecule has 2 heterocycles. The van der Waals surface area contributed by atoms with Crippen LogP contribution in [0.25, 0.3) is 0 Å². The molecule has 1 aromatic carbocycles. The molecule has 0 aromatic heterocycles. The van der Waals surface area contributed by atoms with Crippen LogP contribution in [0.1, 0.15) is 31.2 Å². The lowest BCUT2D eigenvalue weighted by atomic mass is 9.96. The van der Waals surface area contributed by atoms with Crippen LogP contribution in [0, 0.1) is 0 Å². The fourth-order valence-electron chi connectivity index (χ4n) is 3.72. The first kappa shape index (κ1) is 15.2. The maximum Gasteiger partial charge on any atom is 0.416 e. The van der Waals surface area contributed by atoms with Crippen molar-refractivity contribution in [1.82, 2.24) is 5.32 Å². The molecule has 2 bridgehead atoms. The predicted octanol–water partition coefficient (Wildman–Crippen LogP) is 4.19. The number of nitrogens with zero attached hydrogens (tertiary/aromatic N) is 1. The van der Waals surface area contributed by atoms with Crippen molar-refractivity contribution in [3.63, 3.8) is 0 Å². The molecule has 3 rings (SSSR count). The number of alkyl halides is 3. The third-order valence-electron chi connectivity index (χ3n) is 4.65. The summed E-state index contributed by atoms with van der Waals surface area (Å²) in [5, 5.41) is 3.31. The topological polar surface area (TPSA) is 15.3 Å². The van der Waals surface area contributed by atoms with E-state index in [9.17, 15) is 13.2 Å². The highest BCUT2D eigenvalue weighted by Crippen LogP contribution is 2.42. The zero-order chi connectivity index (χ0) is 15.2. The molecule has 21 heavy (non-hydrogen) atoms. The molecule has 0 radical (unpaired) electrons. The first-order chi connectivity index (χ1) is 9.88. The SMILES string of the molecule is CNC1CC2CCC(C1)N2c1cc(Br)cc(C(F)(F)F)c1. The number of piperidine rings is 1. The molecule has 1 aromatic rings. The summed E-state index contributed by atoms with van der Waals surface area (Å²) in [5.74, 6) is 0. The Morgan fingerprint density at radius 1 is 1.14 bits per heavy atom. The lowest BCUT2D eigenvalue weighted by Crippen LogP contribution is -2.48. The van der Waals surface area contributed by atoms with E-state index in [0.29, 0.717) is 28.3 Å². The van der Waals surface area contributed by atoms with Crippen molar-refractivity contribution in [1.29, 1.82) is 0 Å². The van der Waals surface area contributed by atoms with Gasteiger partial charge in [0.1, 0.15) is 0 Å². The van der Waals surface area contributed by atoms with Gasteiger partial charge in [-0.25, -0.2) is 0 Å². The van der Waals surface area contributed by atoms with E-state index in [2.05, 4.69) is 26.1 Å². The summed E-state index contributed by atoms with van der Waals surface area (Å²) in [6.45, 7) is 0. The Labute approximate surface area is 130 Å². The van der Waals surface area contributed by atoms with Gasteiger partial charge in [0, 0.05) is 28.3 Å². The van der Waals surface area contributed by atoms with Crippen LogP contribution in [0.5, 0.6) is 0 Å². The van der Waals surface area contributed by atoms with E-state index in [-0.39, 0.29) is 0 Å². The second kappa shape index (κ2) is 5.47. The zero-order valence-corrected chi connectivity index (χ0v) is 13.3. The van der Waals surface area contributed by atoms with Crippen molar-refractivity contribution in [2.45, 2.75) is 50.0 Å². The standard InChI is InChI=1S/C15H18BrF3N2/c1-20-11-7-12-2-3-13(8-11)21(12)14-5-9(15(17,18)19)4-10(16)6-14/h4-6,11-13,20H,2-3,7-8H2,1H3. The van der Waals surface area contributed by atoms with E-state index in [1.165, 1.54) is 6.07 Å². The molecule has 1 N–H and O–H groups in total. The lowest BCUT2D eigenvalue weighted by Gasteiger charge is -2.40. The molecule has 2 atom stereocenters. The number of fused-ring (bicyclic) bond motifs is 2. The van der Waals surface area contributed by atoms with Gasteiger partial charge < -0.3 is 10.2 Å². The van der Waals surface area contributed by atoms with Crippen molar-refractivity contribution < 1.29 is 13.2 Å². The van der Waals surface area contributed by atoms with Gasteiger partial charge in [0.15, 0.2) is 0 Å². The lowest BCUT2D eigenvalue weighted by molar-refractivity contribution is -0.137. The minimum atomic E-state index is -4.30. The van der Waals surface area contributed by atoms with Crippen molar-refractivity contribution in [3.05, 3.63) is 28.2 Å². The van der Waals surface area contributed by atoms with Crippen molar-refractivity contribution >= 4 is 21.6 Å². The van der Waals surface area contributed by atoms with Gasteiger partial charge in [-0.05, 0) is 50.9 Å². The summed E-state index contributed by atoms with van der Waals surface area (Å²) >= 11 is 3.22. The largest absolute Gasteiger partial charge is 0.416 e. The minimum absolute atomic E-state index is 0.344. The Bertz CT molecular complexity index is 518. The molecule has 2 unspecified atom stereocenters. The Morgan fingerprint density at radius 2 is 1.76 bits per heavy atom. The van der Waals surface area contributed by atoms with Gasteiger partial charge in [-0.3, -0.25) is 0 Å². The van der Waals surface area contributed by atoms with Crippen LogP contribution in [0.2, 0.25) is 0 Å². The third-order valence-corrected chi connectivity index (χ3v) is 5.11. The molecule has 6 heteroatoms. The highest BCUT2D eigenvalue weighted by atomic mass is 79.9. The molecular formula is C15H18BrF3N2. The normalized spacial score (nSPS) is 29.0. The molecule has 116 valence electrons. The molecule has 2 nitrogen and oxygen atoms in total. The second-order valence-corrected chi connectivity index (χ2v) is 6.86. The number of hydrogen-bond acceptors (Lipinski definition) is 2. The number of anilines is 1. The molecule has 0 saturated carbocycles. The molecular weight excluding hydrogens is 345 g/mol. The van der Waals surface area contributed by atoms with E-state index < -0.39 is 11.7 Å². The van der Waals surface area contributed by atoms with Crippen LogP contribution >= 0.6 is 15.9 Å². The second-order valence-electron chi connectivity index (χ2n) is 5.95. The number of nitrogens with one attached hydrogen (secondary N) is 1. The van der Waals surface area contributed by atoms with E-state index >= 15 is 0 Å².